The third-order valence-corrected chi connectivity index (χ3v) is 3.71. The molecular weight excluding hydrogens is 292 g/mol. The molecule has 0 radical (unpaired) electrons. The molecule has 0 aliphatic carbocycles. The molecule has 0 aliphatic rings. The Balaban J connectivity index is 2.17. The SMILES string of the molecule is NC(=O)c1cc(CCC[C@@H](O)C(N)=O)ccc1-c1ccccc1. The Kier molecular flexibility index (Phi) is 5.49. The lowest BCUT2D eigenvalue weighted by Crippen LogP contribution is -2.28. The molecule has 1 atom stereocenters. The highest BCUT2D eigenvalue weighted by atomic mass is 16.3. The minimum Gasteiger partial charge on any atom is -0.383 e. The minimum absolute atomic E-state index is 0.293. The van der Waals surface area contributed by atoms with Gasteiger partial charge in [0.2, 0.25) is 11.8 Å². The van der Waals surface area contributed by atoms with Crippen LogP contribution in [0.5, 0.6) is 0 Å². The van der Waals surface area contributed by atoms with Crippen molar-refractivity contribution in [3.63, 3.8) is 0 Å². The van der Waals surface area contributed by atoms with Crippen molar-refractivity contribution in [2.75, 3.05) is 0 Å². The van der Waals surface area contributed by atoms with E-state index in [1.54, 1.807) is 6.07 Å². The van der Waals surface area contributed by atoms with Crippen molar-refractivity contribution in [1.82, 2.24) is 0 Å². The van der Waals surface area contributed by atoms with Gasteiger partial charge >= 0.3 is 0 Å². The number of hydrogen-bond donors (Lipinski definition) is 3. The molecule has 120 valence electrons. The molecule has 0 spiro atoms. The number of primary amides is 2. The van der Waals surface area contributed by atoms with Crippen LogP contribution in [0.3, 0.4) is 0 Å². The number of carbonyl (C=O) groups excluding carboxylic acids is 2. The maximum Gasteiger partial charge on any atom is 0.249 e. The van der Waals surface area contributed by atoms with Crippen molar-refractivity contribution in [3.05, 3.63) is 59.7 Å². The largest absolute Gasteiger partial charge is 0.383 e. The van der Waals surface area contributed by atoms with E-state index >= 15 is 0 Å². The average Bonchev–Trinajstić information content (AvgIpc) is 2.55. The van der Waals surface area contributed by atoms with E-state index in [0.717, 1.165) is 16.7 Å². The number of aliphatic hydroxyl groups is 1. The van der Waals surface area contributed by atoms with Crippen LogP contribution in [-0.4, -0.2) is 23.0 Å². The van der Waals surface area contributed by atoms with E-state index < -0.39 is 17.9 Å². The Morgan fingerprint density at radius 2 is 1.74 bits per heavy atom. The number of aryl methyl sites for hydroxylation is 1. The van der Waals surface area contributed by atoms with Gasteiger partial charge in [0.25, 0.3) is 0 Å². The standard InChI is InChI=1S/C18H20N2O3/c19-17(22)15-11-12(5-4-8-16(21)18(20)23)9-10-14(15)13-6-2-1-3-7-13/h1-3,6-7,9-11,16,21H,4-5,8H2,(H2,19,22)(H2,20,23)/t16-/m1/s1. The van der Waals surface area contributed by atoms with E-state index in [2.05, 4.69) is 0 Å². The van der Waals surface area contributed by atoms with Crippen molar-refractivity contribution in [3.8, 4) is 11.1 Å². The summed E-state index contributed by atoms with van der Waals surface area (Å²) in [5, 5.41) is 9.39. The van der Waals surface area contributed by atoms with Crippen LogP contribution in [-0.2, 0) is 11.2 Å². The topological polar surface area (TPSA) is 106 Å². The summed E-state index contributed by atoms with van der Waals surface area (Å²) in [6, 6.07) is 15.1. The van der Waals surface area contributed by atoms with Gasteiger partial charge in [0, 0.05) is 5.56 Å². The molecule has 0 heterocycles. The molecule has 23 heavy (non-hydrogen) atoms. The van der Waals surface area contributed by atoms with E-state index in [9.17, 15) is 14.7 Å². The summed E-state index contributed by atoms with van der Waals surface area (Å²) >= 11 is 0. The van der Waals surface area contributed by atoms with Crippen LogP contribution in [0.2, 0.25) is 0 Å². The number of aliphatic hydroxyl groups excluding tert-OH is 1. The fraction of sp³-hybridized carbons (Fsp3) is 0.222. The van der Waals surface area contributed by atoms with Crippen LogP contribution in [0.15, 0.2) is 48.5 Å². The second-order valence-corrected chi connectivity index (χ2v) is 5.42. The van der Waals surface area contributed by atoms with Gasteiger partial charge in [0.15, 0.2) is 0 Å². The van der Waals surface area contributed by atoms with Gasteiger partial charge in [0.05, 0.1) is 0 Å². The normalized spacial score (nSPS) is 11.9. The highest BCUT2D eigenvalue weighted by molar-refractivity contribution is 6.00. The van der Waals surface area contributed by atoms with E-state index in [-0.39, 0.29) is 0 Å². The van der Waals surface area contributed by atoms with E-state index in [1.807, 2.05) is 42.5 Å². The summed E-state index contributed by atoms with van der Waals surface area (Å²) in [4.78, 5) is 22.5. The Morgan fingerprint density at radius 1 is 1.04 bits per heavy atom. The predicted molar refractivity (Wildman–Crippen MR) is 88.5 cm³/mol. The number of nitrogens with two attached hydrogens (primary N) is 2. The average molecular weight is 312 g/mol. The minimum atomic E-state index is -1.13. The van der Waals surface area contributed by atoms with Crippen LogP contribution < -0.4 is 11.5 Å². The van der Waals surface area contributed by atoms with Crippen molar-refractivity contribution in [2.24, 2.45) is 11.5 Å². The first kappa shape index (κ1) is 16.7. The molecule has 5 nitrogen and oxygen atoms in total. The van der Waals surface area contributed by atoms with Crippen LogP contribution >= 0.6 is 0 Å². The number of carbonyl (C=O) groups is 2. The molecule has 0 saturated heterocycles. The highest BCUT2D eigenvalue weighted by Gasteiger charge is 2.13. The lowest BCUT2D eigenvalue weighted by atomic mass is 9.95. The molecule has 0 bridgehead atoms. The molecular formula is C18H20N2O3. The number of hydrogen-bond acceptors (Lipinski definition) is 3. The molecule has 5 heteroatoms. The van der Waals surface area contributed by atoms with Crippen LogP contribution in [0.25, 0.3) is 11.1 Å². The van der Waals surface area contributed by atoms with Gasteiger partial charge in [-0.3, -0.25) is 9.59 Å². The first-order chi connectivity index (χ1) is 11.0. The smallest absolute Gasteiger partial charge is 0.249 e. The van der Waals surface area contributed by atoms with Crippen molar-refractivity contribution in [2.45, 2.75) is 25.4 Å². The quantitative estimate of drug-likeness (QED) is 0.723. The van der Waals surface area contributed by atoms with Crippen molar-refractivity contribution >= 4 is 11.8 Å². The molecule has 0 saturated carbocycles. The molecule has 0 unspecified atom stereocenters. The summed E-state index contributed by atoms with van der Waals surface area (Å²) in [6.07, 6.45) is 0.378. The molecule has 0 aliphatic heterocycles. The van der Waals surface area contributed by atoms with Crippen LogP contribution in [0.4, 0.5) is 0 Å². The maximum atomic E-state index is 11.7. The van der Waals surface area contributed by atoms with Gasteiger partial charge in [-0.15, -0.1) is 0 Å². The van der Waals surface area contributed by atoms with E-state index in [1.165, 1.54) is 0 Å². The number of amides is 2. The first-order valence-corrected chi connectivity index (χ1v) is 7.44. The Bertz CT molecular complexity index is 699. The monoisotopic (exact) mass is 312 g/mol. The van der Waals surface area contributed by atoms with Crippen LogP contribution in [0, 0.1) is 0 Å². The van der Waals surface area contributed by atoms with Gasteiger partial charge in [-0.05, 0) is 42.0 Å². The fourth-order valence-corrected chi connectivity index (χ4v) is 2.46. The summed E-state index contributed by atoms with van der Waals surface area (Å²) < 4.78 is 0. The Labute approximate surface area is 134 Å². The fourth-order valence-electron chi connectivity index (χ4n) is 2.46. The number of benzene rings is 2. The molecule has 2 amide bonds. The summed E-state index contributed by atoms with van der Waals surface area (Å²) in [5.74, 6) is -1.20. The van der Waals surface area contributed by atoms with Gasteiger partial charge in [-0.25, -0.2) is 0 Å². The van der Waals surface area contributed by atoms with Crippen molar-refractivity contribution in [1.29, 1.82) is 0 Å². The highest BCUT2D eigenvalue weighted by Crippen LogP contribution is 2.25. The lowest BCUT2D eigenvalue weighted by molar-refractivity contribution is -0.126. The summed E-state index contributed by atoms with van der Waals surface area (Å²) in [5.41, 5.74) is 13.6. The molecule has 2 rings (SSSR count). The second kappa shape index (κ2) is 7.56. The third-order valence-electron chi connectivity index (χ3n) is 3.71. The zero-order chi connectivity index (χ0) is 16.8. The summed E-state index contributed by atoms with van der Waals surface area (Å²) in [6.45, 7) is 0. The van der Waals surface area contributed by atoms with E-state index in [4.69, 9.17) is 11.5 Å². The lowest BCUT2D eigenvalue weighted by Gasteiger charge is -2.11. The zero-order valence-electron chi connectivity index (χ0n) is 12.7. The second-order valence-electron chi connectivity index (χ2n) is 5.42. The van der Waals surface area contributed by atoms with Gasteiger partial charge in [0.1, 0.15) is 6.10 Å². The van der Waals surface area contributed by atoms with Crippen LogP contribution in [0.1, 0.15) is 28.8 Å². The maximum absolute atomic E-state index is 11.7. The number of rotatable bonds is 7. The Morgan fingerprint density at radius 3 is 2.35 bits per heavy atom. The summed E-state index contributed by atoms with van der Waals surface area (Å²) in [7, 11) is 0. The molecule has 0 fully saturated rings. The predicted octanol–water partition coefficient (Wildman–Crippen LogP) is 1.62. The zero-order valence-corrected chi connectivity index (χ0v) is 12.7. The van der Waals surface area contributed by atoms with Gasteiger partial charge in [-0.2, -0.15) is 0 Å². The van der Waals surface area contributed by atoms with Crippen molar-refractivity contribution < 1.29 is 14.7 Å². The first-order valence-electron chi connectivity index (χ1n) is 7.44. The Hall–Kier alpha value is -2.66. The third kappa shape index (κ3) is 4.40. The van der Waals surface area contributed by atoms with Gasteiger partial charge in [-0.1, -0.05) is 42.5 Å². The molecule has 5 N–H and O–H groups in total. The van der Waals surface area contributed by atoms with E-state index in [0.29, 0.717) is 24.8 Å². The molecule has 2 aromatic rings. The molecule has 2 aromatic carbocycles. The molecule has 0 aromatic heterocycles. The van der Waals surface area contributed by atoms with Gasteiger partial charge < -0.3 is 16.6 Å².